The van der Waals surface area contributed by atoms with E-state index in [1.54, 1.807) is 6.07 Å². The van der Waals surface area contributed by atoms with Crippen molar-refractivity contribution in [2.45, 2.75) is 13.1 Å². The van der Waals surface area contributed by atoms with Gasteiger partial charge < -0.3 is 5.32 Å². The fourth-order valence-electron chi connectivity index (χ4n) is 1.65. The highest BCUT2D eigenvalue weighted by atomic mass is 35.5. The highest BCUT2D eigenvalue weighted by Crippen LogP contribution is 2.22. The van der Waals surface area contributed by atoms with E-state index < -0.39 is 41.2 Å². The van der Waals surface area contributed by atoms with Gasteiger partial charge in [-0.2, -0.15) is 0 Å². The monoisotopic (exact) mass is 322 g/mol. The molecule has 0 aliphatic rings. The first-order valence-electron chi connectivity index (χ1n) is 5.73. The van der Waals surface area contributed by atoms with Crippen LogP contribution in [0.1, 0.15) is 11.1 Å². The highest BCUT2D eigenvalue weighted by Gasteiger charge is 2.25. The van der Waals surface area contributed by atoms with E-state index in [0.29, 0.717) is 5.56 Å². The molecule has 0 amide bonds. The van der Waals surface area contributed by atoms with Crippen LogP contribution in [0.3, 0.4) is 0 Å². The molecule has 112 valence electrons. The zero-order valence-corrected chi connectivity index (χ0v) is 11.1. The Morgan fingerprint density at radius 2 is 1.43 bits per heavy atom. The number of pyridine rings is 1. The van der Waals surface area contributed by atoms with Crippen molar-refractivity contribution in [3.8, 4) is 0 Å². The van der Waals surface area contributed by atoms with Gasteiger partial charge in [0.05, 0.1) is 0 Å². The van der Waals surface area contributed by atoms with Crippen molar-refractivity contribution in [3.05, 3.63) is 63.7 Å². The van der Waals surface area contributed by atoms with E-state index in [9.17, 15) is 22.0 Å². The minimum atomic E-state index is -2.17. The van der Waals surface area contributed by atoms with Crippen LogP contribution in [-0.4, -0.2) is 4.98 Å². The molecule has 1 aromatic carbocycles. The van der Waals surface area contributed by atoms with E-state index in [1.807, 2.05) is 0 Å². The van der Waals surface area contributed by atoms with Crippen LogP contribution in [0.15, 0.2) is 18.3 Å². The molecule has 1 N–H and O–H groups in total. The number of halogens is 6. The van der Waals surface area contributed by atoms with Crippen LogP contribution in [0.25, 0.3) is 0 Å². The Bertz CT molecular complexity index is 632. The van der Waals surface area contributed by atoms with Crippen LogP contribution in [0, 0.1) is 29.1 Å². The van der Waals surface area contributed by atoms with Gasteiger partial charge in [-0.25, -0.2) is 26.9 Å². The fraction of sp³-hybridized carbons (Fsp3) is 0.154. The predicted molar refractivity (Wildman–Crippen MR) is 66.0 cm³/mol. The second-order valence-electron chi connectivity index (χ2n) is 4.14. The maximum Gasteiger partial charge on any atom is 0.200 e. The van der Waals surface area contributed by atoms with Gasteiger partial charge in [0.15, 0.2) is 23.3 Å². The lowest BCUT2D eigenvalue weighted by atomic mass is 10.1. The zero-order valence-electron chi connectivity index (χ0n) is 10.4. The third-order valence-corrected chi connectivity index (χ3v) is 2.94. The summed E-state index contributed by atoms with van der Waals surface area (Å²) in [6.45, 7) is -0.391. The molecule has 2 nitrogen and oxygen atoms in total. The maximum absolute atomic E-state index is 13.4. The Morgan fingerprint density at radius 3 is 1.95 bits per heavy atom. The second-order valence-corrected chi connectivity index (χ2v) is 4.53. The van der Waals surface area contributed by atoms with Gasteiger partial charge in [0.25, 0.3) is 0 Å². The summed E-state index contributed by atoms with van der Waals surface area (Å²) in [6, 6.07) is 3.12. The Morgan fingerprint density at radius 1 is 0.857 bits per heavy atom. The molecule has 21 heavy (non-hydrogen) atoms. The first-order chi connectivity index (χ1) is 9.91. The van der Waals surface area contributed by atoms with E-state index >= 15 is 0 Å². The Hall–Kier alpha value is -1.73. The third-order valence-electron chi connectivity index (χ3n) is 2.72. The van der Waals surface area contributed by atoms with Crippen molar-refractivity contribution in [2.24, 2.45) is 0 Å². The van der Waals surface area contributed by atoms with Gasteiger partial charge in [-0.3, -0.25) is 0 Å². The second kappa shape index (κ2) is 6.36. The lowest BCUT2D eigenvalue weighted by Gasteiger charge is -2.09. The molecule has 0 unspecified atom stereocenters. The Kier molecular flexibility index (Phi) is 4.74. The summed E-state index contributed by atoms with van der Waals surface area (Å²) in [5.41, 5.74) is -0.267. The van der Waals surface area contributed by atoms with Crippen molar-refractivity contribution in [1.82, 2.24) is 10.3 Å². The first-order valence-corrected chi connectivity index (χ1v) is 6.11. The molecule has 0 atom stereocenters. The molecule has 1 aromatic heterocycles. The van der Waals surface area contributed by atoms with Gasteiger partial charge in [0.2, 0.25) is 5.82 Å². The molecule has 0 aliphatic heterocycles. The number of aromatic nitrogens is 1. The average molecular weight is 323 g/mol. The average Bonchev–Trinajstić information content (AvgIpc) is 2.48. The highest BCUT2D eigenvalue weighted by molar-refractivity contribution is 6.29. The number of hydrogen-bond donors (Lipinski definition) is 1. The van der Waals surface area contributed by atoms with Gasteiger partial charge >= 0.3 is 0 Å². The van der Waals surface area contributed by atoms with Crippen molar-refractivity contribution in [1.29, 1.82) is 0 Å². The molecule has 0 saturated carbocycles. The van der Waals surface area contributed by atoms with Crippen LogP contribution in [0.2, 0.25) is 5.15 Å². The minimum Gasteiger partial charge on any atom is -0.308 e. The molecule has 0 spiro atoms. The van der Waals surface area contributed by atoms with Crippen LogP contribution < -0.4 is 5.32 Å². The molecule has 0 saturated heterocycles. The summed E-state index contributed by atoms with van der Waals surface area (Å²) < 4.78 is 65.6. The molecule has 2 rings (SSSR count). The minimum absolute atomic E-state index is 0.129. The summed E-state index contributed by atoms with van der Waals surface area (Å²) in [7, 11) is 0. The van der Waals surface area contributed by atoms with Crippen molar-refractivity contribution < 1.29 is 22.0 Å². The normalized spacial score (nSPS) is 11.0. The summed E-state index contributed by atoms with van der Waals surface area (Å²) in [5, 5.41) is 2.85. The van der Waals surface area contributed by atoms with Gasteiger partial charge in [0, 0.05) is 24.8 Å². The van der Waals surface area contributed by atoms with E-state index in [2.05, 4.69) is 10.3 Å². The molecule has 1 heterocycles. The zero-order chi connectivity index (χ0) is 15.6. The third kappa shape index (κ3) is 3.30. The summed E-state index contributed by atoms with van der Waals surface area (Å²) in [5.74, 6) is -9.77. The largest absolute Gasteiger partial charge is 0.308 e. The Labute approximate surface area is 121 Å². The number of rotatable bonds is 4. The SMILES string of the molecule is Fc1c(F)c(F)c(CNCc2ccc(Cl)nc2)c(F)c1F. The van der Waals surface area contributed by atoms with Gasteiger partial charge in [-0.15, -0.1) is 0 Å². The van der Waals surface area contributed by atoms with Crippen molar-refractivity contribution >= 4 is 11.6 Å². The van der Waals surface area contributed by atoms with Crippen LogP contribution in [-0.2, 0) is 13.1 Å². The smallest absolute Gasteiger partial charge is 0.200 e. The maximum atomic E-state index is 13.4. The van der Waals surface area contributed by atoms with Crippen LogP contribution >= 0.6 is 11.6 Å². The van der Waals surface area contributed by atoms with E-state index in [1.165, 1.54) is 12.3 Å². The van der Waals surface area contributed by atoms with Gasteiger partial charge in [-0.1, -0.05) is 17.7 Å². The fourth-order valence-corrected chi connectivity index (χ4v) is 1.76. The van der Waals surface area contributed by atoms with E-state index in [0.717, 1.165) is 0 Å². The summed E-state index contributed by atoms with van der Waals surface area (Å²) in [4.78, 5) is 3.79. The quantitative estimate of drug-likeness (QED) is 0.402. The number of nitrogens with one attached hydrogen (secondary N) is 1. The Balaban J connectivity index is 2.12. The molecular formula is C13H8ClF5N2. The standard InChI is InChI=1S/C13H8ClF5N2/c14-8-2-1-6(4-21-8)3-20-5-7-9(15)11(17)13(19)12(18)10(7)16/h1-2,4,20H,3,5H2. The van der Waals surface area contributed by atoms with E-state index in [-0.39, 0.29) is 11.7 Å². The topological polar surface area (TPSA) is 24.9 Å². The number of hydrogen-bond acceptors (Lipinski definition) is 2. The first kappa shape index (κ1) is 15.7. The number of nitrogens with zero attached hydrogens (tertiary/aromatic N) is 1. The van der Waals surface area contributed by atoms with E-state index in [4.69, 9.17) is 11.6 Å². The van der Waals surface area contributed by atoms with Gasteiger partial charge in [0.1, 0.15) is 5.15 Å². The number of benzene rings is 1. The molecular weight excluding hydrogens is 315 g/mol. The molecule has 0 radical (unpaired) electrons. The predicted octanol–water partition coefficient (Wildman–Crippen LogP) is 3.72. The molecule has 8 heteroatoms. The summed E-state index contributed by atoms with van der Waals surface area (Å²) in [6.07, 6.45) is 1.42. The lowest BCUT2D eigenvalue weighted by molar-refractivity contribution is 0.367. The molecule has 0 aliphatic carbocycles. The van der Waals surface area contributed by atoms with Crippen molar-refractivity contribution in [2.75, 3.05) is 0 Å². The molecule has 0 bridgehead atoms. The van der Waals surface area contributed by atoms with Crippen LogP contribution in [0.5, 0.6) is 0 Å². The lowest BCUT2D eigenvalue weighted by Crippen LogP contribution is -2.17. The molecule has 0 fully saturated rings. The summed E-state index contributed by atoms with van der Waals surface area (Å²) >= 11 is 5.58. The molecule has 2 aromatic rings. The van der Waals surface area contributed by atoms with Gasteiger partial charge in [-0.05, 0) is 11.6 Å². The van der Waals surface area contributed by atoms with Crippen molar-refractivity contribution in [3.63, 3.8) is 0 Å². The van der Waals surface area contributed by atoms with Crippen LogP contribution in [0.4, 0.5) is 22.0 Å².